The van der Waals surface area contributed by atoms with Crippen LogP contribution in [0.2, 0.25) is 0 Å². The molecule has 0 spiro atoms. The number of benzene rings is 1. The largest absolute Gasteiger partial charge is 0.480 e. The summed E-state index contributed by atoms with van der Waals surface area (Å²) >= 11 is 0. The van der Waals surface area contributed by atoms with Crippen LogP contribution >= 0.6 is 0 Å². The summed E-state index contributed by atoms with van der Waals surface area (Å²) in [5, 5.41) is 9.01. The molecule has 2 atom stereocenters. The summed E-state index contributed by atoms with van der Waals surface area (Å²) in [6.45, 7) is 2.55. The number of halogens is 3. The van der Waals surface area contributed by atoms with E-state index < -0.39 is 29.9 Å². The number of rotatable bonds is 3. The molecule has 2 rings (SSSR count). The van der Waals surface area contributed by atoms with Crippen molar-refractivity contribution in [3.05, 3.63) is 35.4 Å². The average Bonchev–Trinajstić information content (AvgIpc) is 2.46. The standard InChI is InChI=1S/C14H16F3NO3/c1-9(13(19)20)18-5-6-21-12(8-18)10-3-2-4-11(7-10)14(15,16)17/h2-4,7,9,12H,5-6,8H2,1H3,(H,19,20). The van der Waals surface area contributed by atoms with Crippen LogP contribution in [0.4, 0.5) is 13.2 Å². The first-order chi connectivity index (χ1) is 9.79. The quantitative estimate of drug-likeness (QED) is 0.932. The minimum absolute atomic E-state index is 0.259. The highest BCUT2D eigenvalue weighted by atomic mass is 19.4. The van der Waals surface area contributed by atoms with E-state index in [1.165, 1.54) is 6.07 Å². The number of carbonyl (C=O) groups is 1. The third-order valence-electron chi connectivity index (χ3n) is 3.59. The van der Waals surface area contributed by atoms with Gasteiger partial charge < -0.3 is 9.84 Å². The van der Waals surface area contributed by atoms with Crippen LogP contribution in [0.1, 0.15) is 24.2 Å². The van der Waals surface area contributed by atoms with Crippen LogP contribution in [0.25, 0.3) is 0 Å². The highest BCUT2D eigenvalue weighted by Crippen LogP contribution is 2.32. The summed E-state index contributed by atoms with van der Waals surface area (Å²) in [7, 11) is 0. The molecule has 0 radical (unpaired) electrons. The number of nitrogens with zero attached hydrogens (tertiary/aromatic N) is 1. The second-order valence-corrected chi connectivity index (χ2v) is 4.99. The van der Waals surface area contributed by atoms with Crippen molar-refractivity contribution in [2.45, 2.75) is 25.2 Å². The minimum atomic E-state index is -4.40. The molecule has 0 amide bonds. The van der Waals surface area contributed by atoms with E-state index in [9.17, 15) is 18.0 Å². The fourth-order valence-electron chi connectivity index (χ4n) is 2.29. The van der Waals surface area contributed by atoms with Gasteiger partial charge in [0, 0.05) is 13.1 Å². The highest BCUT2D eigenvalue weighted by Gasteiger charge is 2.33. The predicted octanol–water partition coefficient (Wildman–Crippen LogP) is 2.55. The van der Waals surface area contributed by atoms with Crippen molar-refractivity contribution in [3.8, 4) is 0 Å². The molecule has 7 heteroatoms. The fraction of sp³-hybridized carbons (Fsp3) is 0.500. The maximum Gasteiger partial charge on any atom is 0.416 e. The Labute approximate surface area is 120 Å². The molecule has 1 fully saturated rings. The van der Waals surface area contributed by atoms with Gasteiger partial charge in [-0.05, 0) is 24.6 Å². The number of hydrogen-bond donors (Lipinski definition) is 1. The van der Waals surface area contributed by atoms with Gasteiger partial charge in [-0.15, -0.1) is 0 Å². The molecule has 0 bridgehead atoms. The lowest BCUT2D eigenvalue weighted by Gasteiger charge is -2.35. The first kappa shape index (κ1) is 15.8. The van der Waals surface area contributed by atoms with E-state index in [1.807, 2.05) is 0 Å². The SMILES string of the molecule is CC(C(=O)O)N1CCOC(c2cccc(C(F)(F)F)c2)C1. The molecule has 4 nitrogen and oxygen atoms in total. The number of alkyl halides is 3. The molecular weight excluding hydrogens is 287 g/mol. The summed E-state index contributed by atoms with van der Waals surface area (Å²) in [5.41, 5.74) is -0.320. The predicted molar refractivity (Wildman–Crippen MR) is 68.8 cm³/mol. The summed E-state index contributed by atoms with van der Waals surface area (Å²) < 4.78 is 43.6. The number of hydrogen-bond acceptors (Lipinski definition) is 3. The van der Waals surface area contributed by atoms with Crippen LogP contribution in [0.15, 0.2) is 24.3 Å². The zero-order chi connectivity index (χ0) is 15.6. The number of aliphatic carboxylic acids is 1. The first-order valence-corrected chi connectivity index (χ1v) is 6.54. The van der Waals surface area contributed by atoms with Gasteiger partial charge >= 0.3 is 12.1 Å². The number of morpholine rings is 1. The van der Waals surface area contributed by atoms with Gasteiger partial charge in [-0.2, -0.15) is 13.2 Å². The van der Waals surface area contributed by atoms with Crippen LogP contribution in [0.3, 0.4) is 0 Å². The summed E-state index contributed by atoms with van der Waals surface area (Å²) in [6.07, 6.45) is -4.96. The van der Waals surface area contributed by atoms with Crippen molar-refractivity contribution in [1.82, 2.24) is 4.90 Å². The highest BCUT2D eigenvalue weighted by molar-refractivity contribution is 5.72. The Hall–Kier alpha value is -1.60. The van der Waals surface area contributed by atoms with Crippen molar-refractivity contribution < 1.29 is 27.8 Å². The maximum absolute atomic E-state index is 12.7. The second-order valence-electron chi connectivity index (χ2n) is 4.99. The molecule has 1 aliphatic rings. The van der Waals surface area contributed by atoms with Crippen molar-refractivity contribution in [2.75, 3.05) is 19.7 Å². The van der Waals surface area contributed by atoms with Crippen molar-refractivity contribution in [3.63, 3.8) is 0 Å². The molecule has 0 aromatic heterocycles. The van der Waals surface area contributed by atoms with Gasteiger partial charge in [0.1, 0.15) is 6.04 Å². The Kier molecular flexibility index (Phi) is 4.53. The molecule has 1 saturated heterocycles. The second kappa shape index (κ2) is 6.03. The van der Waals surface area contributed by atoms with Crippen LogP contribution in [0, 0.1) is 0 Å². The molecular formula is C14H16F3NO3. The third kappa shape index (κ3) is 3.74. The summed E-state index contributed by atoms with van der Waals surface area (Å²) in [4.78, 5) is 12.7. The summed E-state index contributed by atoms with van der Waals surface area (Å²) in [5.74, 6) is -0.959. The van der Waals surface area contributed by atoms with Crippen LogP contribution < -0.4 is 0 Å². The molecule has 0 aliphatic carbocycles. The summed E-state index contributed by atoms with van der Waals surface area (Å²) in [6, 6.07) is 4.27. The lowest BCUT2D eigenvalue weighted by molar-refractivity contribution is -0.145. The lowest BCUT2D eigenvalue weighted by atomic mass is 10.0. The van der Waals surface area contributed by atoms with Crippen LogP contribution in [-0.4, -0.2) is 41.7 Å². The molecule has 1 aliphatic heterocycles. The topological polar surface area (TPSA) is 49.8 Å². The molecule has 1 N–H and O–H groups in total. The Morgan fingerprint density at radius 2 is 2.19 bits per heavy atom. The fourth-order valence-corrected chi connectivity index (χ4v) is 2.29. The van der Waals surface area contributed by atoms with Gasteiger partial charge in [-0.3, -0.25) is 9.69 Å². The zero-order valence-corrected chi connectivity index (χ0v) is 11.4. The number of carboxylic acids is 1. The minimum Gasteiger partial charge on any atom is -0.480 e. The molecule has 1 heterocycles. The monoisotopic (exact) mass is 303 g/mol. The van der Waals surface area contributed by atoms with Crippen molar-refractivity contribution in [2.24, 2.45) is 0 Å². The maximum atomic E-state index is 12.7. The molecule has 116 valence electrons. The Morgan fingerprint density at radius 1 is 1.48 bits per heavy atom. The number of ether oxygens (including phenoxy) is 1. The molecule has 0 saturated carbocycles. The van der Waals surface area contributed by atoms with Crippen molar-refractivity contribution in [1.29, 1.82) is 0 Å². The average molecular weight is 303 g/mol. The van der Waals surface area contributed by atoms with E-state index >= 15 is 0 Å². The first-order valence-electron chi connectivity index (χ1n) is 6.54. The van der Waals surface area contributed by atoms with Gasteiger partial charge in [0.2, 0.25) is 0 Å². The van der Waals surface area contributed by atoms with E-state index in [2.05, 4.69) is 0 Å². The van der Waals surface area contributed by atoms with E-state index in [0.717, 1.165) is 12.1 Å². The Morgan fingerprint density at radius 3 is 2.81 bits per heavy atom. The van der Waals surface area contributed by atoms with Gasteiger partial charge in [0.05, 0.1) is 18.3 Å². The number of carboxylic acid groups (broad SMARTS) is 1. The van der Waals surface area contributed by atoms with Crippen molar-refractivity contribution >= 4 is 5.97 Å². The van der Waals surface area contributed by atoms with E-state index in [0.29, 0.717) is 18.7 Å². The molecule has 21 heavy (non-hydrogen) atoms. The Balaban J connectivity index is 2.16. The third-order valence-corrected chi connectivity index (χ3v) is 3.59. The van der Waals surface area contributed by atoms with Crippen LogP contribution in [-0.2, 0) is 15.7 Å². The lowest BCUT2D eigenvalue weighted by Crippen LogP contribution is -2.46. The van der Waals surface area contributed by atoms with E-state index in [1.54, 1.807) is 17.9 Å². The smallest absolute Gasteiger partial charge is 0.416 e. The normalized spacial score (nSPS) is 22.0. The van der Waals surface area contributed by atoms with Gasteiger partial charge in [-0.25, -0.2) is 0 Å². The van der Waals surface area contributed by atoms with E-state index in [4.69, 9.17) is 9.84 Å². The molecule has 1 aromatic rings. The Bertz CT molecular complexity index is 518. The van der Waals surface area contributed by atoms with Gasteiger partial charge in [-0.1, -0.05) is 12.1 Å². The molecule has 1 aromatic carbocycles. The van der Waals surface area contributed by atoms with Gasteiger partial charge in [0.15, 0.2) is 0 Å². The molecule has 2 unspecified atom stereocenters. The van der Waals surface area contributed by atoms with Crippen LogP contribution in [0.5, 0.6) is 0 Å². The van der Waals surface area contributed by atoms with Gasteiger partial charge in [0.25, 0.3) is 0 Å². The van der Waals surface area contributed by atoms with E-state index in [-0.39, 0.29) is 6.54 Å². The zero-order valence-electron chi connectivity index (χ0n) is 11.4.